The lowest BCUT2D eigenvalue weighted by Crippen LogP contribution is -2.27. The number of nitrogens with one attached hydrogen (secondary N) is 1. The zero-order chi connectivity index (χ0) is 9.97. The van der Waals surface area contributed by atoms with Gasteiger partial charge in [-0.3, -0.25) is 0 Å². The quantitative estimate of drug-likeness (QED) is 0.788. The van der Waals surface area contributed by atoms with E-state index in [9.17, 15) is 0 Å². The fourth-order valence-electron chi connectivity index (χ4n) is 1.41. The summed E-state index contributed by atoms with van der Waals surface area (Å²) in [5.41, 5.74) is 0. The van der Waals surface area contributed by atoms with Gasteiger partial charge in [-0.1, -0.05) is 0 Å². The van der Waals surface area contributed by atoms with Gasteiger partial charge in [0.2, 0.25) is 5.95 Å². The Hall–Kier alpha value is -1.32. The van der Waals surface area contributed by atoms with Crippen LogP contribution in [0, 0.1) is 0 Å². The maximum Gasteiger partial charge on any atom is 0.226 e. The molecule has 4 heteroatoms. The van der Waals surface area contributed by atoms with Crippen molar-refractivity contribution in [1.29, 1.82) is 0 Å². The van der Waals surface area contributed by atoms with E-state index in [2.05, 4.69) is 15.3 Å². The predicted octanol–water partition coefficient (Wildman–Crippen LogP) is 1.51. The first-order valence-electron chi connectivity index (χ1n) is 5.02. The first-order chi connectivity index (χ1) is 6.75. The zero-order valence-corrected chi connectivity index (χ0v) is 8.70. The Kier molecular flexibility index (Phi) is 2.52. The van der Waals surface area contributed by atoms with Gasteiger partial charge in [-0.25, -0.2) is 4.98 Å². The molecule has 1 saturated carbocycles. The van der Waals surface area contributed by atoms with Crippen molar-refractivity contribution in [2.45, 2.75) is 25.3 Å². The zero-order valence-electron chi connectivity index (χ0n) is 8.70. The molecule has 2 rings (SSSR count). The molecule has 1 aromatic heterocycles. The molecule has 0 spiro atoms. The lowest BCUT2D eigenvalue weighted by Gasteiger charge is -2.27. The fourth-order valence-corrected chi connectivity index (χ4v) is 1.41. The second-order valence-corrected chi connectivity index (χ2v) is 3.91. The summed E-state index contributed by atoms with van der Waals surface area (Å²) in [6.45, 7) is 0. The van der Waals surface area contributed by atoms with Gasteiger partial charge in [-0.2, -0.15) is 4.98 Å². The van der Waals surface area contributed by atoms with Gasteiger partial charge in [-0.05, 0) is 25.3 Å². The minimum absolute atomic E-state index is 0.625. The highest BCUT2D eigenvalue weighted by Gasteiger charge is 2.17. The topological polar surface area (TPSA) is 41.1 Å². The second-order valence-electron chi connectivity index (χ2n) is 3.91. The van der Waals surface area contributed by atoms with E-state index in [0.717, 1.165) is 11.8 Å². The Morgan fingerprint density at radius 2 is 2.21 bits per heavy atom. The van der Waals surface area contributed by atoms with Crippen LogP contribution >= 0.6 is 0 Å². The molecule has 1 aromatic rings. The number of hydrogen-bond acceptors (Lipinski definition) is 4. The molecule has 1 aliphatic carbocycles. The lowest BCUT2D eigenvalue weighted by atomic mass is 9.93. The van der Waals surface area contributed by atoms with Crippen LogP contribution in [0.25, 0.3) is 0 Å². The lowest BCUT2D eigenvalue weighted by molar-refractivity contribution is 0.444. The third kappa shape index (κ3) is 1.95. The smallest absolute Gasteiger partial charge is 0.226 e. The maximum atomic E-state index is 4.40. The molecule has 76 valence electrons. The van der Waals surface area contributed by atoms with Crippen LogP contribution in [0.3, 0.4) is 0 Å². The van der Waals surface area contributed by atoms with Gasteiger partial charge in [0.25, 0.3) is 0 Å². The van der Waals surface area contributed by atoms with Gasteiger partial charge in [0.05, 0.1) is 0 Å². The molecule has 0 aromatic carbocycles. The highest BCUT2D eigenvalue weighted by Crippen LogP contribution is 2.22. The summed E-state index contributed by atoms with van der Waals surface area (Å²) in [6.07, 6.45) is 5.66. The molecular weight excluding hydrogens is 176 g/mol. The minimum atomic E-state index is 0.625. The van der Waals surface area contributed by atoms with Crippen LogP contribution < -0.4 is 10.2 Å². The van der Waals surface area contributed by atoms with Crippen LogP contribution in [0.2, 0.25) is 0 Å². The third-order valence-electron chi connectivity index (χ3n) is 2.50. The highest BCUT2D eigenvalue weighted by atomic mass is 15.2. The van der Waals surface area contributed by atoms with E-state index in [1.54, 1.807) is 6.20 Å². The van der Waals surface area contributed by atoms with Crippen molar-refractivity contribution in [2.24, 2.45) is 0 Å². The number of hydrogen-bond donors (Lipinski definition) is 1. The summed E-state index contributed by atoms with van der Waals surface area (Å²) in [6, 6.07) is 2.55. The van der Waals surface area contributed by atoms with Crippen LogP contribution in [0.5, 0.6) is 0 Å². The van der Waals surface area contributed by atoms with Crippen LogP contribution in [-0.4, -0.2) is 30.1 Å². The van der Waals surface area contributed by atoms with Crippen molar-refractivity contribution in [2.75, 3.05) is 24.3 Å². The molecule has 0 unspecified atom stereocenters. The van der Waals surface area contributed by atoms with Crippen molar-refractivity contribution in [3.8, 4) is 0 Å². The van der Waals surface area contributed by atoms with E-state index >= 15 is 0 Å². The number of rotatable bonds is 3. The van der Waals surface area contributed by atoms with Crippen molar-refractivity contribution in [1.82, 2.24) is 9.97 Å². The first kappa shape index (κ1) is 9.24. The molecule has 1 fully saturated rings. The van der Waals surface area contributed by atoms with Crippen LogP contribution in [0.4, 0.5) is 11.8 Å². The minimum Gasteiger partial charge on any atom is -0.367 e. The van der Waals surface area contributed by atoms with Crippen molar-refractivity contribution >= 4 is 11.8 Å². The Labute approximate surface area is 84.4 Å². The summed E-state index contributed by atoms with van der Waals surface area (Å²) in [5, 5.41) is 3.40. The predicted molar refractivity (Wildman–Crippen MR) is 57.6 cm³/mol. The van der Waals surface area contributed by atoms with Gasteiger partial charge in [0, 0.05) is 26.3 Å². The summed E-state index contributed by atoms with van der Waals surface area (Å²) < 4.78 is 0. The van der Waals surface area contributed by atoms with Gasteiger partial charge in [0.15, 0.2) is 0 Å². The molecule has 1 N–H and O–H groups in total. The molecule has 0 bridgehead atoms. The summed E-state index contributed by atoms with van der Waals surface area (Å²) in [5.74, 6) is 1.70. The average Bonchev–Trinajstić information content (AvgIpc) is 2.12. The molecule has 1 heterocycles. The third-order valence-corrected chi connectivity index (χ3v) is 2.50. The Morgan fingerprint density at radius 3 is 2.79 bits per heavy atom. The van der Waals surface area contributed by atoms with Crippen molar-refractivity contribution in [3.63, 3.8) is 0 Å². The normalized spacial score (nSPS) is 16.1. The molecular formula is C10H16N4. The van der Waals surface area contributed by atoms with Gasteiger partial charge < -0.3 is 10.2 Å². The van der Waals surface area contributed by atoms with Gasteiger partial charge in [-0.15, -0.1) is 0 Å². The van der Waals surface area contributed by atoms with Crippen LogP contribution in [-0.2, 0) is 0 Å². The van der Waals surface area contributed by atoms with Crippen molar-refractivity contribution in [3.05, 3.63) is 12.3 Å². The Bertz CT molecular complexity index is 307. The first-order valence-corrected chi connectivity index (χ1v) is 5.02. The molecule has 4 nitrogen and oxygen atoms in total. The van der Waals surface area contributed by atoms with Crippen LogP contribution in [0.15, 0.2) is 12.3 Å². The van der Waals surface area contributed by atoms with E-state index in [-0.39, 0.29) is 0 Å². The molecule has 1 aliphatic rings. The van der Waals surface area contributed by atoms with E-state index in [1.807, 2.05) is 25.1 Å². The van der Waals surface area contributed by atoms with E-state index < -0.39 is 0 Å². The molecule has 14 heavy (non-hydrogen) atoms. The summed E-state index contributed by atoms with van der Waals surface area (Å²) >= 11 is 0. The molecule has 0 aliphatic heterocycles. The van der Waals surface area contributed by atoms with Gasteiger partial charge in [0.1, 0.15) is 5.82 Å². The highest BCUT2D eigenvalue weighted by molar-refractivity contribution is 5.41. The summed E-state index contributed by atoms with van der Waals surface area (Å²) in [7, 11) is 3.89. The Morgan fingerprint density at radius 1 is 1.43 bits per heavy atom. The molecule has 0 radical (unpaired) electrons. The monoisotopic (exact) mass is 192 g/mol. The fraction of sp³-hybridized carbons (Fsp3) is 0.600. The SMILES string of the molecule is CN(C)c1nccc(NC2CCC2)n1. The number of nitrogens with zero attached hydrogens (tertiary/aromatic N) is 3. The summed E-state index contributed by atoms with van der Waals surface area (Å²) in [4.78, 5) is 10.5. The number of aromatic nitrogens is 2. The molecule has 0 atom stereocenters. The van der Waals surface area contributed by atoms with E-state index in [0.29, 0.717) is 6.04 Å². The molecule has 0 saturated heterocycles. The Balaban J connectivity index is 2.05. The van der Waals surface area contributed by atoms with Gasteiger partial charge >= 0.3 is 0 Å². The van der Waals surface area contributed by atoms with E-state index in [4.69, 9.17) is 0 Å². The van der Waals surface area contributed by atoms with E-state index in [1.165, 1.54) is 19.3 Å². The standard InChI is InChI=1S/C10H16N4/c1-14(2)10-11-7-6-9(13-10)12-8-4-3-5-8/h6-8H,3-5H2,1-2H3,(H,11,12,13). The maximum absolute atomic E-state index is 4.40. The number of anilines is 2. The molecule has 0 amide bonds. The largest absolute Gasteiger partial charge is 0.367 e. The van der Waals surface area contributed by atoms with Crippen LogP contribution in [0.1, 0.15) is 19.3 Å². The second kappa shape index (κ2) is 3.82. The van der Waals surface area contributed by atoms with Crippen molar-refractivity contribution < 1.29 is 0 Å². The average molecular weight is 192 g/mol.